The molecule has 0 bridgehead atoms. The second-order valence-corrected chi connectivity index (χ2v) is 1.34. The monoisotopic (exact) mass is 202 g/mol. The van der Waals surface area contributed by atoms with Gasteiger partial charge in [-0.15, -0.1) is 0 Å². The summed E-state index contributed by atoms with van der Waals surface area (Å²) in [6.07, 6.45) is 0. The van der Waals surface area contributed by atoms with Crippen LogP contribution >= 0.6 is 0 Å². The van der Waals surface area contributed by atoms with Gasteiger partial charge in [-0.2, -0.15) is 8.42 Å². The van der Waals surface area contributed by atoms with Crippen LogP contribution in [0.15, 0.2) is 0 Å². The number of hydrogen-bond donors (Lipinski definition) is 2. The first-order chi connectivity index (χ1) is 3.00. The van der Waals surface area contributed by atoms with E-state index in [0.29, 0.717) is 0 Å². The zero-order valence-corrected chi connectivity index (χ0v) is 9.53. The third-order valence-corrected chi connectivity index (χ3v) is 0. The van der Waals surface area contributed by atoms with Gasteiger partial charge in [0.15, 0.2) is 0 Å². The molecule has 0 aliphatic carbocycles. The van der Waals surface area contributed by atoms with Crippen LogP contribution in [-0.2, 0) is 34.1 Å². The van der Waals surface area contributed by atoms with Crippen LogP contribution in [0, 0.1) is 0 Å². The zero-order valence-electron chi connectivity index (χ0n) is 5.03. The van der Waals surface area contributed by atoms with Crippen LogP contribution in [-0.4, -0.2) is 17.5 Å². The predicted octanol–water partition coefficient (Wildman–Crippen LogP) is -3.66. The van der Waals surface area contributed by atoms with Crippen molar-refractivity contribution >= 4 is 10.4 Å². The summed E-state index contributed by atoms with van der Waals surface area (Å²) >= 11 is 0.750. The Morgan fingerprint density at radius 3 is 1.25 bits per heavy atom. The van der Waals surface area contributed by atoms with Crippen molar-refractivity contribution in [1.29, 1.82) is 0 Å². The fourth-order valence-corrected chi connectivity index (χ4v) is 0. The Labute approximate surface area is 102 Å². The second-order valence-electron chi connectivity index (χ2n) is 0.448. The van der Waals surface area contributed by atoms with E-state index in [1.165, 1.54) is 0 Å². The third kappa shape index (κ3) is 96.8. The molecule has 8 heteroatoms. The molecule has 0 saturated heterocycles. The summed E-state index contributed by atoms with van der Waals surface area (Å²) in [4.78, 5) is 0. The van der Waals surface area contributed by atoms with Crippen LogP contribution in [0.3, 0.4) is 0 Å². The summed E-state index contributed by atoms with van der Waals surface area (Å²) in [5.41, 5.74) is 0. The van der Waals surface area contributed by atoms with E-state index in [2.05, 4.69) is 0 Å². The van der Waals surface area contributed by atoms with Gasteiger partial charge in [0.1, 0.15) is 0 Å². The van der Waals surface area contributed by atoms with E-state index in [0.717, 1.165) is 20.4 Å². The molecule has 8 heavy (non-hydrogen) atoms. The van der Waals surface area contributed by atoms with Crippen LogP contribution in [0.2, 0.25) is 0 Å². The first-order valence-corrected chi connectivity index (χ1v) is 2.94. The van der Waals surface area contributed by atoms with Gasteiger partial charge in [0.2, 0.25) is 0 Å². The fraction of sp³-hybridized carbons (Fsp3) is 0. The van der Waals surface area contributed by atoms with Gasteiger partial charge in [-0.25, -0.2) is 0 Å². The SMILES string of the molecule is O=S(=O)(O)O.[H-].[K+].[O]=[Ti]. The van der Waals surface area contributed by atoms with E-state index in [4.69, 9.17) is 20.8 Å². The van der Waals surface area contributed by atoms with Crippen LogP contribution in [0.5, 0.6) is 0 Å². The molecule has 0 heterocycles. The van der Waals surface area contributed by atoms with Gasteiger partial charge in [-0.3, -0.25) is 9.11 Å². The molecule has 0 radical (unpaired) electrons. The van der Waals surface area contributed by atoms with Gasteiger partial charge in [-0.1, -0.05) is 0 Å². The predicted molar refractivity (Wildman–Crippen MR) is 16.0 cm³/mol. The molecule has 0 atom stereocenters. The van der Waals surface area contributed by atoms with E-state index in [9.17, 15) is 0 Å². The van der Waals surface area contributed by atoms with Gasteiger partial charge >= 0.3 is 85.5 Å². The Morgan fingerprint density at radius 2 is 1.25 bits per heavy atom. The van der Waals surface area contributed by atoms with Crippen molar-refractivity contribution in [2.45, 2.75) is 0 Å². The maximum atomic E-state index is 8.74. The molecular formula is H3KO5STi. The van der Waals surface area contributed by atoms with Crippen LogP contribution in [0.4, 0.5) is 0 Å². The third-order valence-electron chi connectivity index (χ3n) is 0. The number of rotatable bonds is 0. The van der Waals surface area contributed by atoms with Crippen molar-refractivity contribution in [1.82, 2.24) is 0 Å². The van der Waals surface area contributed by atoms with Crippen molar-refractivity contribution < 1.29 is 94.1 Å². The van der Waals surface area contributed by atoms with Crippen molar-refractivity contribution in [2.24, 2.45) is 0 Å². The van der Waals surface area contributed by atoms with Crippen LogP contribution < -0.4 is 51.4 Å². The molecule has 0 amide bonds. The molecule has 0 aliphatic heterocycles. The Balaban J connectivity index is -0.0000000286. The molecule has 2 N–H and O–H groups in total. The van der Waals surface area contributed by atoms with Gasteiger partial charge in [0.05, 0.1) is 0 Å². The minimum atomic E-state index is -4.67. The average molecular weight is 202 g/mol. The molecule has 0 unspecified atom stereocenters. The molecule has 5 nitrogen and oxygen atoms in total. The first kappa shape index (κ1) is 16.5. The molecule has 0 aromatic carbocycles. The molecular weight excluding hydrogens is 199 g/mol. The molecule has 44 valence electrons. The van der Waals surface area contributed by atoms with E-state index in [-0.39, 0.29) is 52.8 Å². The molecule has 0 fully saturated rings. The standard InChI is InChI=1S/K.H2O4S.O.Ti.H/c;1-5(2,3)4;;;/h;(H2,1,2,3,4);;;/q+1;;;;-1. The summed E-state index contributed by atoms with van der Waals surface area (Å²) in [6, 6.07) is 0. The van der Waals surface area contributed by atoms with Crippen LogP contribution in [0.25, 0.3) is 0 Å². The van der Waals surface area contributed by atoms with Gasteiger partial charge in [0.25, 0.3) is 0 Å². The Kier molecular flexibility index (Phi) is 18.7. The van der Waals surface area contributed by atoms with Crippen molar-refractivity contribution in [3.05, 3.63) is 0 Å². The molecule has 0 aromatic heterocycles. The summed E-state index contributed by atoms with van der Waals surface area (Å²) in [5.74, 6) is 0. The van der Waals surface area contributed by atoms with Gasteiger partial charge in [0, 0.05) is 0 Å². The normalized spacial score (nSPS) is 7.62. The van der Waals surface area contributed by atoms with Gasteiger partial charge in [-0.05, 0) is 0 Å². The molecule has 0 aromatic rings. The van der Waals surface area contributed by atoms with Crippen molar-refractivity contribution in [3.63, 3.8) is 0 Å². The van der Waals surface area contributed by atoms with Crippen LogP contribution in [0.1, 0.15) is 1.43 Å². The van der Waals surface area contributed by atoms with E-state index in [1.807, 2.05) is 0 Å². The van der Waals surface area contributed by atoms with E-state index >= 15 is 0 Å². The molecule has 0 saturated carbocycles. The van der Waals surface area contributed by atoms with Crippen molar-refractivity contribution in [3.8, 4) is 0 Å². The molecule has 0 rings (SSSR count). The van der Waals surface area contributed by atoms with E-state index in [1.54, 1.807) is 0 Å². The second kappa shape index (κ2) is 9.02. The van der Waals surface area contributed by atoms with Crippen molar-refractivity contribution in [2.75, 3.05) is 0 Å². The fourth-order valence-electron chi connectivity index (χ4n) is 0. The number of hydrogen-bond acceptors (Lipinski definition) is 3. The van der Waals surface area contributed by atoms with Gasteiger partial charge < -0.3 is 1.43 Å². The molecule has 0 aliphatic rings. The first-order valence-electron chi connectivity index (χ1n) is 0.903. The summed E-state index contributed by atoms with van der Waals surface area (Å²) in [5, 5.41) is 0. The Bertz CT molecular complexity index is 111. The van der Waals surface area contributed by atoms with E-state index < -0.39 is 10.4 Å². The minimum absolute atomic E-state index is 0. The summed E-state index contributed by atoms with van der Waals surface area (Å²) < 4.78 is 39.8. The molecule has 0 spiro atoms. The Morgan fingerprint density at radius 1 is 1.25 bits per heavy atom. The maximum absolute atomic E-state index is 8.74. The zero-order chi connectivity index (χ0) is 6.50. The Hall–Kier alpha value is 2.02. The summed E-state index contributed by atoms with van der Waals surface area (Å²) in [7, 11) is -4.67. The topological polar surface area (TPSA) is 91.7 Å². The average Bonchev–Trinajstić information content (AvgIpc) is 1.36. The summed E-state index contributed by atoms with van der Waals surface area (Å²) in [6.45, 7) is 0. The quantitative estimate of drug-likeness (QED) is 0.312.